The number of rotatable bonds is 5. The molecule has 5 nitrogen and oxygen atoms in total. The van der Waals surface area contributed by atoms with Gasteiger partial charge in [-0.15, -0.1) is 0 Å². The molecule has 2 aromatic heterocycles. The molecule has 0 aliphatic rings. The largest absolute Gasteiger partial charge is 0.475 e. The number of nitrogens with zero attached hydrogens (tertiary/aromatic N) is 2. The molecule has 0 fully saturated rings. The second-order valence-electron chi connectivity index (χ2n) is 3.79. The lowest BCUT2D eigenvalue weighted by atomic mass is 10.3. The van der Waals surface area contributed by atoms with Crippen molar-refractivity contribution in [2.45, 2.75) is 0 Å². The molecule has 2 heterocycles. The van der Waals surface area contributed by atoms with Crippen LogP contribution in [0.25, 0.3) is 0 Å². The summed E-state index contributed by atoms with van der Waals surface area (Å²) >= 11 is 11.6. The van der Waals surface area contributed by atoms with Crippen molar-refractivity contribution in [2.75, 3.05) is 13.2 Å². The van der Waals surface area contributed by atoms with E-state index < -0.39 is 0 Å². The zero-order chi connectivity index (χ0) is 14.4. The highest BCUT2D eigenvalue weighted by Crippen LogP contribution is 2.24. The van der Waals surface area contributed by atoms with Gasteiger partial charge in [-0.2, -0.15) is 0 Å². The Morgan fingerprint density at radius 1 is 1.35 bits per heavy atom. The number of carbonyl (C=O) groups is 1. The Hall–Kier alpha value is -1.85. The first-order chi connectivity index (χ1) is 9.66. The third kappa shape index (κ3) is 4.08. The molecular formula is C13H11Cl2N3O2. The van der Waals surface area contributed by atoms with Crippen LogP contribution >= 0.6 is 23.2 Å². The average molecular weight is 312 g/mol. The SMILES string of the molecule is O=C(NCCOc1ncc(Cl)cc1Cl)c1cccnc1. The van der Waals surface area contributed by atoms with Gasteiger partial charge in [-0.3, -0.25) is 9.78 Å². The van der Waals surface area contributed by atoms with Crippen LogP contribution < -0.4 is 10.1 Å². The first-order valence-corrected chi connectivity index (χ1v) is 6.54. The standard InChI is InChI=1S/C13H11Cl2N3O2/c14-10-6-11(15)13(18-8-10)20-5-4-17-12(19)9-2-1-3-16-7-9/h1-3,6-8H,4-5H2,(H,17,19). The molecule has 0 radical (unpaired) electrons. The van der Waals surface area contributed by atoms with Gasteiger partial charge in [0.15, 0.2) is 0 Å². The molecule has 20 heavy (non-hydrogen) atoms. The fraction of sp³-hybridized carbons (Fsp3) is 0.154. The van der Waals surface area contributed by atoms with Gasteiger partial charge in [-0.05, 0) is 18.2 Å². The van der Waals surface area contributed by atoms with Gasteiger partial charge in [0.2, 0.25) is 5.88 Å². The topological polar surface area (TPSA) is 64.1 Å². The van der Waals surface area contributed by atoms with Gasteiger partial charge in [0.25, 0.3) is 5.91 Å². The van der Waals surface area contributed by atoms with Gasteiger partial charge in [0.05, 0.1) is 17.1 Å². The number of hydrogen-bond acceptors (Lipinski definition) is 4. The Kier molecular flexibility index (Phi) is 5.15. The number of carbonyl (C=O) groups excluding carboxylic acids is 1. The van der Waals surface area contributed by atoms with Crippen molar-refractivity contribution in [3.05, 3.63) is 52.4 Å². The van der Waals surface area contributed by atoms with E-state index in [0.717, 1.165) is 0 Å². The van der Waals surface area contributed by atoms with E-state index in [9.17, 15) is 4.79 Å². The van der Waals surface area contributed by atoms with Gasteiger partial charge in [0.1, 0.15) is 11.6 Å². The van der Waals surface area contributed by atoms with E-state index in [0.29, 0.717) is 22.2 Å². The molecule has 0 aromatic carbocycles. The molecule has 0 aliphatic heterocycles. The van der Waals surface area contributed by atoms with Crippen LogP contribution in [-0.2, 0) is 0 Å². The maximum Gasteiger partial charge on any atom is 0.252 e. The molecule has 0 spiro atoms. The number of ether oxygens (including phenoxy) is 1. The number of hydrogen-bond donors (Lipinski definition) is 1. The fourth-order valence-corrected chi connectivity index (χ4v) is 1.85. The summed E-state index contributed by atoms with van der Waals surface area (Å²) in [6.07, 6.45) is 4.54. The fourth-order valence-electron chi connectivity index (χ4n) is 1.42. The molecule has 0 saturated heterocycles. The van der Waals surface area contributed by atoms with Crippen LogP contribution in [0.4, 0.5) is 0 Å². The van der Waals surface area contributed by atoms with Gasteiger partial charge in [0, 0.05) is 18.6 Å². The van der Waals surface area contributed by atoms with E-state index in [1.54, 1.807) is 24.4 Å². The van der Waals surface area contributed by atoms with E-state index >= 15 is 0 Å². The number of aromatic nitrogens is 2. The molecule has 2 aromatic rings. The minimum absolute atomic E-state index is 0.211. The van der Waals surface area contributed by atoms with Crippen molar-refractivity contribution >= 4 is 29.1 Å². The molecule has 1 N–H and O–H groups in total. The van der Waals surface area contributed by atoms with Crippen molar-refractivity contribution in [1.29, 1.82) is 0 Å². The number of amides is 1. The smallest absolute Gasteiger partial charge is 0.252 e. The number of nitrogens with one attached hydrogen (secondary N) is 1. The van der Waals surface area contributed by atoms with Gasteiger partial charge >= 0.3 is 0 Å². The van der Waals surface area contributed by atoms with E-state index in [1.165, 1.54) is 12.4 Å². The van der Waals surface area contributed by atoms with Crippen LogP contribution in [0.3, 0.4) is 0 Å². The summed E-state index contributed by atoms with van der Waals surface area (Å²) in [5.74, 6) is 0.0727. The van der Waals surface area contributed by atoms with Crippen LogP contribution in [0.1, 0.15) is 10.4 Å². The Labute approximate surface area is 125 Å². The molecule has 104 valence electrons. The molecular weight excluding hydrogens is 301 g/mol. The molecule has 0 unspecified atom stereocenters. The predicted octanol–water partition coefficient (Wildman–Crippen LogP) is 2.59. The minimum Gasteiger partial charge on any atom is -0.475 e. The first kappa shape index (κ1) is 14.6. The third-order valence-electron chi connectivity index (χ3n) is 2.32. The Morgan fingerprint density at radius 3 is 2.90 bits per heavy atom. The third-order valence-corrected chi connectivity index (χ3v) is 2.80. The second kappa shape index (κ2) is 7.07. The summed E-state index contributed by atoms with van der Waals surface area (Å²) in [5.41, 5.74) is 0.496. The maximum absolute atomic E-state index is 11.7. The van der Waals surface area contributed by atoms with Crippen molar-refractivity contribution in [1.82, 2.24) is 15.3 Å². The van der Waals surface area contributed by atoms with Crippen molar-refractivity contribution in [2.24, 2.45) is 0 Å². The van der Waals surface area contributed by atoms with Gasteiger partial charge in [-0.25, -0.2) is 4.98 Å². The molecule has 1 amide bonds. The maximum atomic E-state index is 11.7. The molecule has 7 heteroatoms. The van der Waals surface area contributed by atoms with E-state index in [2.05, 4.69) is 15.3 Å². The highest BCUT2D eigenvalue weighted by Gasteiger charge is 2.06. The summed E-state index contributed by atoms with van der Waals surface area (Å²) in [5, 5.41) is 3.47. The quantitative estimate of drug-likeness (QED) is 0.862. The Balaban J connectivity index is 1.78. The summed E-state index contributed by atoms with van der Waals surface area (Å²) in [7, 11) is 0. The van der Waals surface area contributed by atoms with Crippen LogP contribution in [0, 0.1) is 0 Å². The van der Waals surface area contributed by atoms with Gasteiger partial charge < -0.3 is 10.1 Å². The van der Waals surface area contributed by atoms with E-state index in [4.69, 9.17) is 27.9 Å². The minimum atomic E-state index is -0.211. The normalized spacial score (nSPS) is 10.1. The lowest BCUT2D eigenvalue weighted by Crippen LogP contribution is -2.28. The average Bonchev–Trinajstić information content (AvgIpc) is 2.46. The highest BCUT2D eigenvalue weighted by atomic mass is 35.5. The molecule has 0 atom stereocenters. The Bertz CT molecular complexity index is 593. The number of pyridine rings is 2. The monoisotopic (exact) mass is 311 g/mol. The first-order valence-electron chi connectivity index (χ1n) is 5.79. The summed E-state index contributed by atoms with van der Waals surface area (Å²) in [4.78, 5) is 19.5. The lowest BCUT2D eigenvalue weighted by Gasteiger charge is -2.08. The Morgan fingerprint density at radius 2 is 2.20 bits per heavy atom. The van der Waals surface area contributed by atoms with Crippen LogP contribution in [0.5, 0.6) is 5.88 Å². The zero-order valence-corrected chi connectivity index (χ0v) is 11.9. The highest BCUT2D eigenvalue weighted by molar-refractivity contribution is 6.35. The van der Waals surface area contributed by atoms with Crippen molar-refractivity contribution in [3.63, 3.8) is 0 Å². The predicted molar refractivity (Wildman–Crippen MR) is 76.3 cm³/mol. The van der Waals surface area contributed by atoms with Gasteiger partial charge in [-0.1, -0.05) is 23.2 Å². The molecule has 0 aliphatic carbocycles. The summed E-state index contributed by atoms with van der Waals surface area (Å²) < 4.78 is 5.35. The summed E-state index contributed by atoms with van der Waals surface area (Å²) in [6.45, 7) is 0.578. The van der Waals surface area contributed by atoms with Crippen molar-refractivity contribution < 1.29 is 9.53 Å². The van der Waals surface area contributed by atoms with E-state index in [1.807, 2.05) is 0 Å². The van der Waals surface area contributed by atoms with Crippen molar-refractivity contribution in [3.8, 4) is 5.88 Å². The van der Waals surface area contributed by atoms with E-state index in [-0.39, 0.29) is 18.4 Å². The number of halogens is 2. The summed E-state index contributed by atoms with van der Waals surface area (Å²) in [6, 6.07) is 4.92. The lowest BCUT2D eigenvalue weighted by molar-refractivity contribution is 0.0946. The zero-order valence-electron chi connectivity index (χ0n) is 10.3. The molecule has 0 saturated carbocycles. The van der Waals surface area contributed by atoms with Crippen LogP contribution in [-0.4, -0.2) is 29.0 Å². The molecule has 0 bridgehead atoms. The van der Waals surface area contributed by atoms with Crippen LogP contribution in [0.15, 0.2) is 36.8 Å². The van der Waals surface area contributed by atoms with Crippen LogP contribution in [0.2, 0.25) is 10.0 Å². The molecule has 2 rings (SSSR count). The second-order valence-corrected chi connectivity index (χ2v) is 4.63.